The molecule has 4 heteroatoms. The predicted molar refractivity (Wildman–Crippen MR) is 46.8 cm³/mol. The maximum atomic E-state index is 2.22. The molecule has 0 nitrogen and oxygen atoms in total. The third kappa shape index (κ3) is 42.1. The maximum Gasteiger partial charge on any atom is 0.00278 e. The van der Waals surface area contributed by atoms with E-state index in [1.807, 2.05) is 0 Å². The minimum absolute atomic E-state index is 0. The molecule has 0 radical (unpaired) electrons. The first-order chi connectivity index (χ1) is 1.91. The van der Waals surface area contributed by atoms with Crippen molar-refractivity contribution in [1.29, 1.82) is 0 Å². The van der Waals surface area contributed by atoms with Gasteiger partial charge in [0.15, 0.2) is 0 Å². The van der Waals surface area contributed by atoms with E-state index in [2.05, 4.69) is 6.92 Å². The molecule has 50 valence electrons. The summed E-state index contributed by atoms with van der Waals surface area (Å²) in [5.74, 6) is 0. The van der Waals surface area contributed by atoms with E-state index in [1.165, 1.54) is 22.7 Å². The topological polar surface area (TPSA) is 0 Å². The van der Waals surface area contributed by atoms with Crippen molar-refractivity contribution in [2.45, 2.75) is 19.4 Å². The average Bonchev–Trinajstić information content (AvgIpc) is 1.37. The molecule has 0 N–H and O–H groups in total. The molecule has 0 heterocycles. The highest BCUT2D eigenvalue weighted by molar-refractivity contribution is 6.08. The molecule has 0 bridgehead atoms. The summed E-state index contributed by atoms with van der Waals surface area (Å²) in [4.78, 5) is 0. The van der Waals surface area contributed by atoms with Gasteiger partial charge in [-0.05, 0) is 0 Å². The van der Waals surface area contributed by atoms with Crippen LogP contribution in [0.2, 0.25) is 6.04 Å². The van der Waals surface area contributed by atoms with E-state index in [-0.39, 0.29) is 37.2 Å². The van der Waals surface area contributed by atoms with Crippen LogP contribution >= 0.6 is 37.2 Å². The van der Waals surface area contributed by atoms with Gasteiger partial charge < -0.3 is 0 Å². The van der Waals surface area contributed by atoms with Crippen molar-refractivity contribution in [1.82, 2.24) is 0 Å². The van der Waals surface area contributed by atoms with E-state index in [9.17, 15) is 0 Å². The Balaban J connectivity index is -0.0000000150. The van der Waals surface area contributed by atoms with E-state index >= 15 is 0 Å². The van der Waals surface area contributed by atoms with Crippen LogP contribution in [0.15, 0.2) is 0 Å². The van der Waals surface area contributed by atoms with Gasteiger partial charge in [0.1, 0.15) is 0 Å². The third-order valence-corrected chi connectivity index (χ3v) is 1.50. The Morgan fingerprint density at radius 3 is 1.29 bits per heavy atom. The van der Waals surface area contributed by atoms with Crippen LogP contribution < -0.4 is 0 Å². The Bertz CT molecular complexity index is 12.1. The van der Waals surface area contributed by atoms with Gasteiger partial charge in [-0.25, -0.2) is 0 Å². The molecular weight excluding hydrogens is 170 g/mol. The van der Waals surface area contributed by atoms with Crippen LogP contribution in [0.4, 0.5) is 0 Å². The molecule has 7 heavy (non-hydrogen) atoms. The van der Waals surface area contributed by atoms with Gasteiger partial charge >= 0.3 is 0 Å². The van der Waals surface area contributed by atoms with Crippen LogP contribution in [0.5, 0.6) is 0 Å². The summed E-state index contributed by atoms with van der Waals surface area (Å²) < 4.78 is 0. The van der Waals surface area contributed by atoms with E-state index in [0.29, 0.717) is 0 Å². The lowest BCUT2D eigenvalue weighted by Gasteiger charge is -1.67. The van der Waals surface area contributed by atoms with Gasteiger partial charge in [-0.2, -0.15) is 0 Å². The molecule has 0 atom stereocenters. The number of rotatable bonds is 1. The molecule has 0 amide bonds. The van der Waals surface area contributed by atoms with Gasteiger partial charge in [0.2, 0.25) is 0 Å². The summed E-state index contributed by atoms with van der Waals surface area (Å²) in [7, 11) is 1.39. The van der Waals surface area contributed by atoms with Crippen LogP contribution in [-0.2, 0) is 0 Å². The fraction of sp³-hybridized carbons (Fsp3) is 1.00. The Morgan fingerprint density at radius 1 is 1.14 bits per heavy atom. The molecule has 0 rings (SSSR count). The minimum atomic E-state index is 0. The van der Waals surface area contributed by atoms with Crippen molar-refractivity contribution in [3.8, 4) is 0 Å². The average molecular weight is 184 g/mol. The van der Waals surface area contributed by atoms with Crippen LogP contribution in [0, 0.1) is 0 Å². The Hall–Kier alpha value is 1.09. The molecular formula is C3H13Cl3Si. The SMILES string of the molecule is CCC[SiH3].Cl.Cl.Cl. The standard InChI is InChI=1S/C3H10Si.3ClH/c1-2-3-4;;;/h2-3H2,1,4H3;3*1H. The lowest BCUT2D eigenvalue weighted by atomic mass is 10.6. The second-order valence-electron chi connectivity index (χ2n) is 1.000. The fourth-order valence-electron chi connectivity index (χ4n) is 0. The van der Waals surface area contributed by atoms with Crippen LogP contribution in [0.3, 0.4) is 0 Å². The van der Waals surface area contributed by atoms with Gasteiger partial charge in [0.25, 0.3) is 0 Å². The van der Waals surface area contributed by atoms with Crippen molar-refractivity contribution in [3.63, 3.8) is 0 Å². The van der Waals surface area contributed by atoms with Crippen molar-refractivity contribution in [2.24, 2.45) is 0 Å². The van der Waals surface area contributed by atoms with Crippen molar-refractivity contribution in [3.05, 3.63) is 0 Å². The Kier molecular flexibility index (Phi) is 95.7. The molecule has 0 saturated carbocycles. The molecule has 0 saturated heterocycles. The van der Waals surface area contributed by atoms with E-state index in [4.69, 9.17) is 0 Å². The predicted octanol–water partition coefficient (Wildman–Crippen LogP) is 1.45. The number of halogens is 3. The quantitative estimate of drug-likeness (QED) is 0.540. The zero-order valence-corrected chi connectivity index (χ0v) is 9.09. The first-order valence-corrected chi connectivity index (χ1v) is 3.33. The van der Waals surface area contributed by atoms with E-state index in [0.717, 1.165) is 0 Å². The van der Waals surface area contributed by atoms with Crippen molar-refractivity contribution >= 4 is 47.5 Å². The van der Waals surface area contributed by atoms with Crippen molar-refractivity contribution < 1.29 is 0 Å². The van der Waals surface area contributed by atoms with Crippen LogP contribution in [-0.4, -0.2) is 10.2 Å². The van der Waals surface area contributed by atoms with E-state index in [1.54, 1.807) is 0 Å². The van der Waals surface area contributed by atoms with Crippen molar-refractivity contribution in [2.75, 3.05) is 0 Å². The number of hydrogen-bond donors (Lipinski definition) is 0. The summed E-state index contributed by atoms with van der Waals surface area (Å²) >= 11 is 0. The highest BCUT2D eigenvalue weighted by Crippen LogP contribution is 1.73. The molecule has 0 aromatic heterocycles. The van der Waals surface area contributed by atoms with Gasteiger partial charge in [-0.3, -0.25) is 0 Å². The molecule has 0 aliphatic carbocycles. The largest absolute Gasteiger partial charge is 0.147 e. The van der Waals surface area contributed by atoms with Gasteiger partial charge in [0.05, 0.1) is 0 Å². The molecule has 0 spiro atoms. The molecule has 0 aromatic rings. The molecule has 0 fully saturated rings. The summed E-state index contributed by atoms with van der Waals surface area (Å²) in [6.45, 7) is 2.22. The fourth-order valence-corrected chi connectivity index (χ4v) is 0. The number of hydrogen-bond acceptors (Lipinski definition) is 0. The monoisotopic (exact) mass is 182 g/mol. The second-order valence-corrected chi connectivity index (χ2v) is 2.00. The smallest absolute Gasteiger partial charge is 0.00278 e. The highest BCUT2D eigenvalue weighted by Gasteiger charge is 1.57. The molecule has 0 aliphatic rings. The molecule has 0 aromatic carbocycles. The Morgan fingerprint density at radius 2 is 1.29 bits per heavy atom. The maximum absolute atomic E-state index is 2.22. The highest BCUT2D eigenvalue weighted by atomic mass is 35.5. The first-order valence-electron chi connectivity index (χ1n) is 1.91. The summed E-state index contributed by atoms with van der Waals surface area (Å²) in [5.41, 5.74) is 0. The molecule has 0 unspecified atom stereocenters. The normalized spacial score (nSPS) is 4.71. The zero-order chi connectivity index (χ0) is 3.41. The summed E-state index contributed by atoms with van der Waals surface area (Å²) in [6.07, 6.45) is 1.38. The lowest BCUT2D eigenvalue weighted by molar-refractivity contribution is 1.08. The summed E-state index contributed by atoms with van der Waals surface area (Å²) in [6, 6.07) is 1.46. The van der Waals surface area contributed by atoms with Gasteiger partial charge in [-0.1, -0.05) is 19.4 Å². The third-order valence-electron chi connectivity index (χ3n) is 0.500. The second kappa shape index (κ2) is 27.6. The molecule has 0 aliphatic heterocycles. The van der Waals surface area contributed by atoms with Crippen LogP contribution in [0.25, 0.3) is 0 Å². The minimum Gasteiger partial charge on any atom is -0.147 e. The van der Waals surface area contributed by atoms with E-state index < -0.39 is 0 Å². The van der Waals surface area contributed by atoms with Crippen LogP contribution in [0.1, 0.15) is 13.3 Å². The summed E-state index contributed by atoms with van der Waals surface area (Å²) in [5, 5.41) is 0. The van der Waals surface area contributed by atoms with Gasteiger partial charge in [-0.15, -0.1) is 37.2 Å². The van der Waals surface area contributed by atoms with Gasteiger partial charge in [0, 0.05) is 10.2 Å². The first kappa shape index (κ1) is 24.3. The lowest BCUT2D eigenvalue weighted by Crippen LogP contribution is -1.55. The zero-order valence-electron chi connectivity index (χ0n) is 4.64. The Labute approximate surface area is 67.1 Å².